The lowest BCUT2D eigenvalue weighted by molar-refractivity contribution is 0.0916. The predicted molar refractivity (Wildman–Crippen MR) is 85.6 cm³/mol. The van der Waals surface area contributed by atoms with E-state index in [2.05, 4.69) is 45.9 Å². The van der Waals surface area contributed by atoms with E-state index in [4.69, 9.17) is 4.74 Å². The van der Waals surface area contributed by atoms with E-state index in [9.17, 15) is 5.11 Å². The molecular formula is C19H28O2. The summed E-state index contributed by atoms with van der Waals surface area (Å²) in [5.41, 5.74) is 4.39. The minimum atomic E-state index is -0.390. The molecule has 0 bridgehead atoms. The monoisotopic (exact) mass is 288 g/mol. The van der Waals surface area contributed by atoms with Gasteiger partial charge in [-0.1, -0.05) is 45.9 Å². The van der Waals surface area contributed by atoms with Crippen molar-refractivity contribution in [2.24, 2.45) is 5.92 Å². The quantitative estimate of drug-likeness (QED) is 0.887. The number of rotatable bonds is 2. The standard InChI is InChI=1S/C19H28O2/c1-18(2)8-9-19(3,4)16-11-13(5-6-15(16)18)17(20)14-7-10-21-12-14/h5-6,11,14,17,20H,7-10,12H2,1-4H3. The van der Waals surface area contributed by atoms with Gasteiger partial charge in [0.25, 0.3) is 0 Å². The zero-order chi connectivity index (χ0) is 15.3. The lowest BCUT2D eigenvalue weighted by Gasteiger charge is -2.42. The van der Waals surface area contributed by atoms with Crippen molar-refractivity contribution in [3.63, 3.8) is 0 Å². The van der Waals surface area contributed by atoms with Gasteiger partial charge in [0.15, 0.2) is 0 Å². The summed E-state index contributed by atoms with van der Waals surface area (Å²) in [5, 5.41) is 10.6. The summed E-state index contributed by atoms with van der Waals surface area (Å²) in [6, 6.07) is 6.65. The molecule has 1 heterocycles. The van der Waals surface area contributed by atoms with Gasteiger partial charge in [-0.2, -0.15) is 0 Å². The van der Waals surface area contributed by atoms with Crippen LogP contribution >= 0.6 is 0 Å². The molecule has 1 aliphatic carbocycles. The molecule has 1 aromatic carbocycles. The molecule has 116 valence electrons. The smallest absolute Gasteiger partial charge is 0.0841 e. The van der Waals surface area contributed by atoms with Crippen molar-refractivity contribution in [3.05, 3.63) is 34.9 Å². The summed E-state index contributed by atoms with van der Waals surface area (Å²) < 4.78 is 5.43. The first kappa shape index (κ1) is 15.1. The molecule has 21 heavy (non-hydrogen) atoms. The summed E-state index contributed by atoms with van der Waals surface area (Å²) in [6.07, 6.45) is 3.01. The fraction of sp³-hybridized carbons (Fsp3) is 0.684. The number of hydrogen-bond donors (Lipinski definition) is 1. The first-order valence-corrected chi connectivity index (χ1v) is 8.22. The molecule has 3 rings (SSSR count). The lowest BCUT2D eigenvalue weighted by atomic mass is 9.63. The normalized spacial score (nSPS) is 28.1. The fourth-order valence-corrected chi connectivity index (χ4v) is 3.86. The highest BCUT2D eigenvalue weighted by Gasteiger charge is 2.37. The van der Waals surface area contributed by atoms with Crippen molar-refractivity contribution in [1.29, 1.82) is 0 Å². The van der Waals surface area contributed by atoms with E-state index < -0.39 is 6.10 Å². The number of aliphatic hydroxyl groups excluding tert-OH is 1. The third-order valence-electron chi connectivity index (χ3n) is 5.63. The SMILES string of the molecule is CC1(C)CCC(C)(C)c2cc(C(O)C3CCOC3)ccc21. The van der Waals surface area contributed by atoms with Gasteiger partial charge in [-0.15, -0.1) is 0 Å². The Kier molecular flexibility index (Phi) is 3.66. The van der Waals surface area contributed by atoms with Gasteiger partial charge in [0.2, 0.25) is 0 Å². The van der Waals surface area contributed by atoms with Crippen molar-refractivity contribution in [2.75, 3.05) is 13.2 Å². The highest BCUT2D eigenvalue weighted by Crippen LogP contribution is 2.46. The molecule has 0 aromatic heterocycles. The molecule has 1 N–H and O–H groups in total. The number of hydrogen-bond acceptors (Lipinski definition) is 2. The van der Waals surface area contributed by atoms with E-state index in [0.717, 1.165) is 18.6 Å². The second-order valence-electron chi connectivity index (χ2n) is 8.14. The van der Waals surface area contributed by atoms with Gasteiger partial charge in [-0.05, 0) is 46.8 Å². The summed E-state index contributed by atoms with van der Waals surface area (Å²) in [6.45, 7) is 10.8. The second kappa shape index (κ2) is 5.10. The maximum absolute atomic E-state index is 10.6. The van der Waals surface area contributed by atoms with E-state index >= 15 is 0 Å². The van der Waals surface area contributed by atoms with Gasteiger partial charge in [-0.25, -0.2) is 0 Å². The molecule has 0 amide bonds. The first-order valence-electron chi connectivity index (χ1n) is 8.22. The Morgan fingerprint density at radius 2 is 1.76 bits per heavy atom. The van der Waals surface area contributed by atoms with Crippen LogP contribution in [0.5, 0.6) is 0 Å². The van der Waals surface area contributed by atoms with Crippen molar-refractivity contribution >= 4 is 0 Å². The zero-order valence-electron chi connectivity index (χ0n) is 13.8. The van der Waals surface area contributed by atoms with E-state index in [1.165, 1.54) is 24.0 Å². The molecule has 1 saturated heterocycles. The van der Waals surface area contributed by atoms with E-state index in [-0.39, 0.29) is 16.7 Å². The molecule has 2 atom stereocenters. The highest BCUT2D eigenvalue weighted by atomic mass is 16.5. The average molecular weight is 288 g/mol. The van der Waals surface area contributed by atoms with Crippen molar-refractivity contribution in [1.82, 2.24) is 0 Å². The van der Waals surface area contributed by atoms with Crippen LogP contribution in [0, 0.1) is 5.92 Å². The number of benzene rings is 1. The molecule has 0 spiro atoms. The van der Waals surface area contributed by atoms with E-state index in [0.29, 0.717) is 6.61 Å². The molecule has 2 nitrogen and oxygen atoms in total. The van der Waals surface area contributed by atoms with Crippen molar-refractivity contribution in [3.8, 4) is 0 Å². The molecule has 0 saturated carbocycles. The Labute approximate surface area is 128 Å². The van der Waals surface area contributed by atoms with E-state index in [1.807, 2.05) is 0 Å². The van der Waals surface area contributed by atoms with Gasteiger partial charge in [-0.3, -0.25) is 0 Å². The molecular weight excluding hydrogens is 260 g/mol. The molecule has 1 fully saturated rings. The number of aliphatic hydroxyl groups is 1. The predicted octanol–water partition coefficient (Wildman–Crippen LogP) is 4.11. The maximum atomic E-state index is 10.6. The first-order chi connectivity index (χ1) is 9.81. The van der Waals surface area contributed by atoms with Crippen LogP contribution in [-0.4, -0.2) is 18.3 Å². The van der Waals surface area contributed by atoms with Gasteiger partial charge < -0.3 is 9.84 Å². The third-order valence-corrected chi connectivity index (χ3v) is 5.63. The Morgan fingerprint density at radius 1 is 1.10 bits per heavy atom. The summed E-state index contributed by atoms with van der Waals surface area (Å²) in [4.78, 5) is 0. The Morgan fingerprint density at radius 3 is 2.38 bits per heavy atom. The van der Waals surface area contributed by atoms with Crippen LogP contribution < -0.4 is 0 Å². The Bertz CT molecular complexity index is 524. The molecule has 2 unspecified atom stereocenters. The van der Waals surface area contributed by atoms with Crippen LogP contribution in [0.1, 0.15) is 69.8 Å². The van der Waals surface area contributed by atoms with Gasteiger partial charge in [0.05, 0.1) is 12.7 Å². The van der Waals surface area contributed by atoms with Crippen LogP contribution in [0.2, 0.25) is 0 Å². The maximum Gasteiger partial charge on any atom is 0.0841 e. The second-order valence-corrected chi connectivity index (χ2v) is 8.14. The number of ether oxygens (including phenoxy) is 1. The van der Waals surface area contributed by atoms with Crippen LogP contribution in [0.3, 0.4) is 0 Å². The molecule has 1 aliphatic heterocycles. The van der Waals surface area contributed by atoms with Crippen molar-refractivity contribution in [2.45, 2.75) is 63.9 Å². The topological polar surface area (TPSA) is 29.5 Å². The van der Waals surface area contributed by atoms with Gasteiger partial charge >= 0.3 is 0 Å². The Hall–Kier alpha value is -0.860. The minimum absolute atomic E-state index is 0.201. The largest absolute Gasteiger partial charge is 0.388 e. The highest BCUT2D eigenvalue weighted by molar-refractivity contribution is 5.44. The molecule has 1 aromatic rings. The van der Waals surface area contributed by atoms with Gasteiger partial charge in [0, 0.05) is 12.5 Å². The number of fused-ring (bicyclic) bond motifs is 1. The average Bonchev–Trinajstić information content (AvgIpc) is 2.97. The van der Waals surface area contributed by atoms with Crippen LogP contribution in [0.25, 0.3) is 0 Å². The molecule has 0 radical (unpaired) electrons. The molecule has 2 aliphatic rings. The zero-order valence-corrected chi connectivity index (χ0v) is 13.8. The van der Waals surface area contributed by atoms with Crippen LogP contribution in [-0.2, 0) is 15.6 Å². The van der Waals surface area contributed by atoms with Crippen LogP contribution in [0.15, 0.2) is 18.2 Å². The summed E-state index contributed by atoms with van der Waals surface area (Å²) >= 11 is 0. The lowest BCUT2D eigenvalue weighted by Crippen LogP contribution is -2.34. The summed E-state index contributed by atoms with van der Waals surface area (Å²) in [7, 11) is 0. The summed E-state index contributed by atoms with van der Waals surface area (Å²) in [5.74, 6) is 0.253. The molecule has 2 heteroatoms. The van der Waals surface area contributed by atoms with E-state index in [1.54, 1.807) is 0 Å². The van der Waals surface area contributed by atoms with Crippen molar-refractivity contribution < 1.29 is 9.84 Å². The fourth-order valence-electron chi connectivity index (χ4n) is 3.86. The minimum Gasteiger partial charge on any atom is -0.388 e. The van der Waals surface area contributed by atoms with Crippen LogP contribution in [0.4, 0.5) is 0 Å². The Balaban J connectivity index is 1.99. The third kappa shape index (κ3) is 2.64. The van der Waals surface area contributed by atoms with Gasteiger partial charge in [0.1, 0.15) is 0 Å².